The lowest BCUT2D eigenvalue weighted by Gasteiger charge is -2.32. The molecule has 2 rings (SSSR count). The maximum absolute atomic E-state index is 3.56. The first-order valence-corrected chi connectivity index (χ1v) is 5.43. The summed E-state index contributed by atoms with van der Waals surface area (Å²) in [6.07, 6.45) is 8.59. The fraction of sp³-hybridized carbons (Fsp3) is 1.00. The lowest BCUT2D eigenvalue weighted by Crippen LogP contribution is -2.44. The second-order valence-corrected chi connectivity index (χ2v) is 4.21. The van der Waals surface area contributed by atoms with Crippen molar-refractivity contribution >= 4 is 0 Å². The van der Waals surface area contributed by atoms with Crippen molar-refractivity contribution in [3.63, 3.8) is 0 Å². The zero-order valence-corrected chi connectivity index (χ0v) is 7.89. The highest BCUT2D eigenvalue weighted by molar-refractivity contribution is 4.71. The van der Waals surface area contributed by atoms with Crippen molar-refractivity contribution in [1.82, 2.24) is 10.4 Å². The van der Waals surface area contributed by atoms with Gasteiger partial charge in [0.2, 0.25) is 0 Å². The van der Waals surface area contributed by atoms with Crippen molar-refractivity contribution in [3.05, 3.63) is 0 Å². The van der Waals surface area contributed by atoms with E-state index < -0.39 is 0 Å². The van der Waals surface area contributed by atoms with Gasteiger partial charge in [-0.1, -0.05) is 12.8 Å². The van der Waals surface area contributed by atoms with Gasteiger partial charge in [-0.3, -0.25) is 5.43 Å². The predicted octanol–water partition coefficient (Wildman–Crippen LogP) is 1.78. The molecule has 70 valence electrons. The second kappa shape index (κ2) is 4.24. The van der Waals surface area contributed by atoms with Crippen molar-refractivity contribution in [2.45, 2.75) is 38.5 Å². The van der Waals surface area contributed by atoms with E-state index in [9.17, 15) is 0 Å². The van der Waals surface area contributed by atoms with Crippen LogP contribution >= 0.6 is 0 Å². The summed E-state index contributed by atoms with van der Waals surface area (Å²) in [7, 11) is 0. The highest BCUT2D eigenvalue weighted by atomic mass is 15.5. The molecule has 1 saturated heterocycles. The molecule has 0 unspecified atom stereocenters. The maximum atomic E-state index is 3.56. The van der Waals surface area contributed by atoms with E-state index in [1.807, 2.05) is 0 Å². The van der Waals surface area contributed by atoms with E-state index in [1.165, 1.54) is 58.2 Å². The van der Waals surface area contributed by atoms with E-state index in [0.29, 0.717) is 0 Å². The third-order valence-electron chi connectivity index (χ3n) is 3.18. The molecule has 2 fully saturated rings. The van der Waals surface area contributed by atoms with Crippen LogP contribution in [0, 0.1) is 5.92 Å². The second-order valence-electron chi connectivity index (χ2n) is 4.21. The average molecular weight is 168 g/mol. The fourth-order valence-electron chi connectivity index (χ4n) is 2.01. The Balaban J connectivity index is 1.58. The highest BCUT2D eigenvalue weighted by Crippen LogP contribution is 2.25. The van der Waals surface area contributed by atoms with Gasteiger partial charge in [0.1, 0.15) is 0 Å². The Morgan fingerprint density at radius 2 is 1.75 bits per heavy atom. The molecule has 0 amide bonds. The Bertz CT molecular complexity index is 126. The van der Waals surface area contributed by atoms with Gasteiger partial charge >= 0.3 is 0 Å². The zero-order chi connectivity index (χ0) is 8.23. The summed E-state index contributed by atoms with van der Waals surface area (Å²) < 4.78 is 0. The SMILES string of the molecule is C1CCN(NCC2CCC2)CC1. The molecule has 0 aromatic rings. The minimum absolute atomic E-state index is 0.993. The number of nitrogens with zero attached hydrogens (tertiary/aromatic N) is 1. The van der Waals surface area contributed by atoms with Crippen molar-refractivity contribution in [2.75, 3.05) is 19.6 Å². The van der Waals surface area contributed by atoms with Gasteiger partial charge in [0.25, 0.3) is 0 Å². The molecule has 1 saturated carbocycles. The minimum atomic E-state index is 0.993. The molecule has 12 heavy (non-hydrogen) atoms. The zero-order valence-electron chi connectivity index (χ0n) is 7.89. The quantitative estimate of drug-likeness (QED) is 0.691. The summed E-state index contributed by atoms with van der Waals surface area (Å²) in [5.41, 5.74) is 3.56. The summed E-state index contributed by atoms with van der Waals surface area (Å²) in [6, 6.07) is 0. The number of nitrogens with one attached hydrogen (secondary N) is 1. The Labute approximate surface area is 75.3 Å². The normalized spacial score (nSPS) is 27.0. The standard InChI is InChI=1S/C10H20N2/c1-2-7-12(8-3-1)11-9-10-5-4-6-10/h10-11H,1-9H2. The van der Waals surface area contributed by atoms with Crippen LogP contribution in [0.5, 0.6) is 0 Å². The Morgan fingerprint density at radius 3 is 2.33 bits per heavy atom. The number of hydrogen-bond acceptors (Lipinski definition) is 2. The van der Waals surface area contributed by atoms with E-state index >= 15 is 0 Å². The first-order chi connectivity index (χ1) is 5.95. The summed E-state index contributed by atoms with van der Waals surface area (Å²) in [5, 5.41) is 2.42. The Kier molecular flexibility index (Phi) is 3.01. The molecule has 1 heterocycles. The molecule has 1 N–H and O–H groups in total. The van der Waals surface area contributed by atoms with Crippen LogP contribution in [0.2, 0.25) is 0 Å². The monoisotopic (exact) mass is 168 g/mol. The molecule has 0 radical (unpaired) electrons. The van der Waals surface area contributed by atoms with Crippen LogP contribution in [0.3, 0.4) is 0 Å². The Morgan fingerprint density at radius 1 is 1.00 bits per heavy atom. The molecule has 2 heteroatoms. The Hall–Kier alpha value is -0.0800. The van der Waals surface area contributed by atoms with Gasteiger partial charge in [0.15, 0.2) is 0 Å². The first-order valence-electron chi connectivity index (χ1n) is 5.43. The van der Waals surface area contributed by atoms with Crippen LogP contribution in [0.15, 0.2) is 0 Å². The van der Waals surface area contributed by atoms with Gasteiger partial charge in [0.05, 0.1) is 0 Å². The molecular formula is C10H20N2. The smallest absolute Gasteiger partial charge is 0.0131 e. The topological polar surface area (TPSA) is 15.3 Å². The van der Waals surface area contributed by atoms with Gasteiger partial charge in [-0.2, -0.15) is 0 Å². The summed E-state index contributed by atoms with van der Waals surface area (Å²) in [5.74, 6) is 0.993. The summed E-state index contributed by atoms with van der Waals surface area (Å²) in [6.45, 7) is 3.78. The van der Waals surface area contributed by atoms with E-state index in [1.54, 1.807) is 0 Å². The van der Waals surface area contributed by atoms with Crippen molar-refractivity contribution < 1.29 is 0 Å². The van der Waals surface area contributed by atoms with Gasteiger partial charge in [0, 0.05) is 19.6 Å². The van der Waals surface area contributed by atoms with Crippen molar-refractivity contribution in [1.29, 1.82) is 0 Å². The largest absolute Gasteiger partial charge is 0.255 e. The molecule has 1 aliphatic heterocycles. The minimum Gasteiger partial charge on any atom is -0.255 e. The van der Waals surface area contributed by atoms with Gasteiger partial charge in [-0.15, -0.1) is 0 Å². The van der Waals surface area contributed by atoms with E-state index in [-0.39, 0.29) is 0 Å². The van der Waals surface area contributed by atoms with Crippen LogP contribution < -0.4 is 5.43 Å². The predicted molar refractivity (Wildman–Crippen MR) is 50.8 cm³/mol. The summed E-state index contributed by atoms with van der Waals surface area (Å²) in [4.78, 5) is 0. The third kappa shape index (κ3) is 2.20. The molecule has 0 aromatic carbocycles. The van der Waals surface area contributed by atoms with Gasteiger partial charge in [-0.05, 0) is 31.6 Å². The van der Waals surface area contributed by atoms with Gasteiger partial charge in [-0.25, -0.2) is 5.01 Å². The number of rotatable bonds is 3. The third-order valence-corrected chi connectivity index (χ3v) is 3.18. The van der Waals surface area contributed by atoms with Crippen LogP contribution in [0.1, 0.15) is 38.5 Å². The molecule has 2 nitrogen and oxygen atoms in total. The first kappa shape index (κ1) is 8.52. The average Bonchev–Trinajstić information content (AvgIpc) is 2.04. The highest BCUT2D eigenvalue weighted by Gasteiger charge is 2.18. The maximum Gasteiger partial charge on any atom is 0.0131 e. The molecule has 1 aliphatic carbocycles. The molecule has 0 aromatic heterocycles. The molecule has 0 spiro atoms. The lowest BCUT2D eigenvalue weighted by atomic mass is 9.86. The van der Waals surface area contributed by atoms with Crippen LogP contribution in [-0.4, -0.2) is 24.6 Å². The fourth-order valence-corrected chi connectivity index (χ4v) is 2.01. The summed E-state index contributed by atoms with van der Waals surface area (Å²) >= 11 is 0. The van der Waals surface area contributed by atoms with E-state index in [2.05, 4.69) is 10.4 Å². The van der Waals surface area contributed by atoms with Crippen LogP contribution in [0.4, 0.5) is 0 Å². The molecular weight excluding hydrogens is 148 g/mol. The lowest BCUT2D eigenvalue weighted by molar-refractivity contribution is 0.128. The molecule has 2 aliphatic rings. The van der Waals surface area contributed by atoms with Gasteiger partial charge < -0.3 is 0 Å². The number of hydrazine groups is 1. The van der Waals surface area contributed by atoms with Crippen LogP contribution in [0.25, 0.3) is 0 Å². The molecule has 0 atom stereocenters. The van der Waals surface area contributed by atoms with Crippen molar-refractivity contribution in [2.24, 2.45) is 5.92 Å². The van der Waals surface area contributed by atoms with E-state index in [0.717, 1.165) is 5.92 Å². The molecule has 0 bridgehead atoms. The van der Waals surface area contributed by atoms with E-state index in [4.69, 9.17) is 0 Å². The van der Waals surface area contributed by atoms with Crippen LogP contribution in [-0.2, 0) is 0 Å². The van der Waals surface area contributed by atoms with Crippen molar-refractivity contribution in [3.8, 4) is 0 Å². The number of hydrogen-bond donors (Lipinski definition) is 1. The number of piperidine rings is 1.